The lowest BCUT2D eigenvalue weighted by molar-refractivity contribution is 0.0983. The third kappa shape index (κ3) is 4.34. The molecule has 0 saturated heterocycles. The number of carbonyl (C=O) groups excluding carboxylic acids is 1. The van der Waals surface area contributed by atoms with Crippen LogP contribution in [0, 0.1) is 0 Å². The summed E-state index contributed by atoms with van der Waals surface area (Å²) < 4.78 is 13.8. The lowest BCUT2D eigenvalue weighted by Gasteiger charge is -2.15. The third-order valence-corrected chi connectivity index (χ3v) is 2.75. The van der Waals surface area contributed by atoms with Gasteiger partial charge in [-0.3, -0.25) is 4.79 Å². The zero-order valence-corrected chi connectivity index (χ0v) is 12.9. The summed E-state index contributed by atoms with van der Waals surface area (Å²) in [6.45, 7) is 0. The molecule has 0 atom stereocenters. The van der Waals surface area contributed by atoms with Crippen molar-refractivity contribution in [2.45, 2.75) is 10.2 Å². The SMILES string of the molecule is COc1cc(C(=O)CC(Cl)(Cl)Cl)cc(OC)c1OC. The van der Waals surface area contributed by atoms with E-state index in [1.807, 2.05) is 0 Å². The molecule has 0 radical (unpaired) electrons. The molecule has 1 rings (SSSR count). The molecule has 0 fully saturated rings. The van der Waals surface area contributed by atoms with E-state index in [4.69, 9.17) is 49.0 Å². The van der Waals surface area contributed by atoms with Gasteiger partial charge < -0.3 is 14.2 Å². The van der Waals surface area contributed by atoms with Crippen molar-refractivity contribution in [3.63, 3.8) is 0 Å². The molecule has 106 valence electrons. The third-order valence-electron chi connectivity index (χ3n) is 2.35. The molecular weight excluding hydrogens is 314 g/mol. The predicted octanol–water partition coefficient (Wildman–Crippen LogP) is 3.66. The molecule has 1 aromatic carbocycles. The van der Waals surface area contributed by atoms with Crippen LogP contribution in [0.5, 0.6) is 17.2 Å². The molecule has 0 saturated carbocycles. The maximum Gasteiger partial charge on any atom is 0.203 e. The standard InChI is InChI=1S/C12H13Cl3O4/c1-17-9-4-7(8(16)6-12(13,14)15)5-10(18-2)11(9)19-3/h4-5H,6H2,1-3H3. The van der Waals surface area contributed by atoms with Gasteiger partial charge in [-0.1, -0.05) is 34.8 Å². The molecule has 0 aliphatic carbocycles. The smallest absolute Gasteiger partial charge is 0.203 e. The van der Waals surface area contributed by atoms with Crippen LogP contribution < -0.4 is 14.2 Å². The minimum Gasteiger partial charge on any atom is -0.493 e. The van der Waals surface area contributed by atoms with Gasteiger partial charge in [0.2, 0.25) is 5.75 Å². The zero-order chi connectivity index (χ0) is 14.6. The number of benzene rings is 1. The molecule has 0 spiro atoms. The first-order valence-electron chi connectivity index (χ1n) is 5.22. The molecule has 0 aliphatic heterocycles. The van der Waals surface area contributed by atoms with Crippen molar-refractivity contribution < 1.29 is 19.0 Å². The molecule has 19 heavy (non-hydrogen) atoms. The molecule has 0 heterocycles. The second-order valence-electron chi connectivity index (χ2n) is 3.63. The maximum atomic E-state index is 12.0. The molecule has 0 aromatic heterocycles. The number of rotatable bonds is 5. The average molecular weight is 328 g/mol. The molecule has 0 bridgehead atoms. The van der Waals surface area contributed by atoms with E-state index in [0.29, 0.717) is 22.8 Å². The van der Waals surface area contributed by atoms with Gasteiger partial charge in [-0.05, 0) is 12.1 Å². The van der Waals surface area contributed by atoms with Crippen molar-refractivity contribution in [1.29, 1.82) is 0 Å². The average Bonchev–Trinajstić information content (AvgIpc) is 2.34. The van der Waals surface area contributed by atoms with Crippen LogP contribution in [0.2, 0.25) is 0 Å². The highest BCUT2D eigenvalue weighted by Gasteiger charge is 2.26. The number of hydrogen-bond donors (Lipinski definition) is 0. The summed E-state index contributed by atoms with van der Waals surface area (Å²) in [4.78, 5) is 12.0. The number of halogens is 3. The van der Waals surface area contributed by atoms with Gasteiger partial charge in [-0.15, -0.1) is 0 Å². The predicted molar refractivity (Wildman–Crippen MR) is 75.3 cm³/mol. The van der Waals surface area contributed by atoms with Gasteiger partial charge in [-0.2, -0.15) is 0 Å². The van der Waals surface area contributed by atoms with Crippen LogP contribution in [0.3, 0.4) is 0 Å². The van der Waals surface area contributed by atoms with Crippen LogP contribution in [0.4, 0.5) is 0 Å². The van der Waals surface area contributed by atoms with Crippen LogP contribution in [0.15, 0.2) is 12.1 Å². The van der Waals surface area contributed by atoms with Crippen molar-refractivity contribution in [1.82, 2.24) is 0 Å². The summed E-state index contributed by atoms with van der Waals surface area (Å²) in [5.74, 6) is 0.804. The minimum atomic E-state index is -1.64. The Morgan fingerprint density at radius 3 is 1.84 bits per heavy atom. The number of carbonyl (C=O) groups is 1. The summed E-state index contributed by atoms with van der Waals surface area (Å²) in [5, 5.41) is 0. The Labute approximate surface area is 126 Å². The number of ketones is 1. The van der Waals surface area contributed by atoms with Gasteiger partial charge in [0.05, 0.1) is 27.8 Å². The lowest BCUT2D eigenvalue weighted by atomic mass is 10.1. The monoisotopic (exact) mass is 326 g/mol. The molecule has 0 aliphatic rings. The van der Waals surface area contributed by atoms with E-state index in [1.165, 1.54) is 33.5 Å². The van der Waals surface area contributed by atoms with Crippen molar-refractivity contribution in [2.24, 2.45) is 0 Å². The van der Waals surface area contributed by atoms with Crippen molar-refractivity contribution >= 4 is 40.6 Å². The number of methoxy groups -OCH3 is 3. The first-order valence-corrected chi connectivity index (χ1v) is 6.35. The van der Waals surface area contributed by atoms with Crippen molar-refractivity contribution in [3.05, 3.63) is 17.7 Å². The van der Waals surface area contributed by atoms with E-state index in [-0.39, 0.29) is 12.2 Å². The van der Waals surface area contributed by atoms with Crippen molar-refractivity contribution in [2.75, 3.05) is 21.3 Å². The number of hydrogen-bond acceptors (Lipinski definition) is 4. The van der Waals surface area contributed by atoms with E-state index < -0.39 is 3.79 Å². The summed E-state index contributed by atoms with van der Waals surface area (Å²) >= 11 is 16.8. The topological polar surface area (TPSA) is 44.8 Å². The van der Waals surface area contributed by atoms with E-state index >= 15 is 0 Å². The highest BCUT2D eigenvalue weighted by atomic mass is 35.6. The first kappa shape index (κ1) is 16.2. The number of alkyl halides is 3. The van der Waals surface area contributed by atoms with Crippen LogP contribution >= 0.6 is 34.8 Å². The summed E-state index contributed by atoms with van der Waals surface area (Å²) in [7, 11) is 4.39. The van der Waals surface area contributed by atoms with Crippen LogP contribution in [-0.4, -0.2) is 30.9 Å². The second-order valence-corrected chi connectivity index (χ2v) is 6.15. The van der Waals surface area contributed by atoms with Crippen LogP contribution in [0.25, 0.3) is 0 Å². The van der Waals surface area contributed by atoms with Gasteiger partial charge in [-0.25, -0.2) is 0 Å². The largest absolute Gasteiger partial charge is 0.493 e. The molecule has 7 heteroatoms. The van der Waals surface area contributed by atoms with Gasteiger partial charge in [0, 0.05) is 5.56 Å². The Hall–Kier alpha value is -0.840. The number of ether oxygens (including phenoxy) is 3. The van der Waals surface area contributed by atoms with E-state index in [2.05, 4.69) is 0 Å². The molecular formula is C12H13Cl3O4. The molecule has 0 N–H and O–H groups in total. The highest BCUT2D eigenvalue weighted by molar-refractivity contribution is 6.68. The quantitative estimate of drug-likeness (QED) is 0.611. The molecule has 1 aromatic rings. The van der Waals surface area contributed by atoms with E-state index in [1.54, 1.807) is 0 Å². The summed E-state index contributed by atoms with van der Waals surface area (Å²) in [6, 6.07) is 3.03. The van der Waals surface area contributed by atoms with E-state index in [9.17, 15) is 4.79 Å². The van der Waals surface area contributed by atoms with Gasteiger partial charge in [0.1, 0.15) is 0 Å². The highest BCUT2D eigenvalue weighted by Crippen LogP contribution is 2.39. The Balaban J connectivity index is 3.19. The van der Waals surface area contributed by atoms with Gasteiger partial charge in [0.15, 0.2) is 21.1 Å². The molecule has 4 nitrogen and oxygen atoms in total. The lowest BCUT2D eigenvalue weighted by Crippen LogP contribution is -2.12. The Kier molecular flexibility index (Phi) is 5.59. The fraction of sp³-hybridized carbons (Fsp3) is 0.417. The number of Topliss-reactive ketones (excluding diaryl/α,β-unsaturated/α-hetero) is 1. The second kappa shape index (κ2) is 6.55. The fourth-order valence-corrected chi connectivity index (χ4v) is 1.89. The van der Waals surface area contributed by atoms with E-state index in [0.717, 1.165) is 0 Å². The van der Waals surface area contributed by atoms with Crippen molar-refractivity contribution in [3.8, 4) is 17.2 Å². The Bertz CT molecular complexity index is 444. The Morgan fingerprint density at radius 1 is 1.05 bits per heavy atom. The Morgan fingerprint density at radius 2 is 1.53 bits per heavy atom. The first-order chi connectivity index (χ1) is 8.82. The van der Waals surface area contributed by atoms with Crippen LogP contribution in [-0.2, 0) is 0 Å². The summed E-state index contributed by atoms with van der Waals surface area (Å²) in [6.07, 6.45) is -0.240. The van der Waals surface area contributed by atoms with Crippen LogP contribution in [0.1, 0.15) is 16.8 Å². The molecule has 0 amide bonds. The minimum absolute atomic E-state index is 0.240. The fourth-order valence-electron chi connectivity index (χ4n) is 1.53. The van der Waals surface area contributed by atoms with Gasteiger partial charge in [0.25, 0.3) is 0 Å². The summed E-state index contributed by atoms with van der Waals surface area (Å²) in [5.41, 5.74) is 0.320. The molecule has 0 unspecified atom stereocenters. The zero-order valence-electron chi connectivity index (χ0n) is 10.6. The normalized spacial score (nSPS) is 11.1. The van der Waals surface area contributed by atoms with Gasteiger partial charge >= 0.3 is 0 Å². The maximum absolute atomic E-state index is 12.0.